The quantitative estimate of drug-likeness (QED) is 0.446. The number of aliphatic hydroxyl groups excluding tert-OH is 1. The Bertz CT molecular complexity index is 31.9. The van der Waals surface area contributed by atoms with Gasteiger partial charge in [-0.15, -0.1) is 0 Å². The minimum absolute atomic E-state index is 0.185. The van der Waals surface area contributed by atoms with E-state index in [1.165, 1.54) is 0 Å². The van der Waals surface area contributed by atoms with Gasteiger partial charge in [0.05, 0.1) is 6.61 Å². The summed E-state index contributed by atoms with van der Waals surface area (Å²) in [5, 5.41) is 8.14. The Morgan fingerprint density at radius 3 is 2.20 bits per heavy atom. The molecule has 0 unspecified atom stereocenters. The minimum Gasteiger partial charge on any atom is -0.361 e. The van der Waals surface area contributed by atoms with Crippen LogP contribution in [0.3, 0.4) is 0 Å². The van der Waals surface area contributed by atoms with Gasteiger partial charge in [0, 0.05) is 6.42 Å². The fraction of sp³-hybridized carbons (Fsp3) is 0.667. The normalized spacial score (nSPS) is 25.8. The molecular formula is C3H5O2. The van der Waals surface area contributed by atoms with E-state index < -0.39 is 0 Å². The van der Waals surface area contributed by atoms with Gasteiger partial charge in [-0.1, -0.05) is 0 Å². The van der Waals surface area contributed by atoms with E-state index in [1.807, 2.05) is 0 Å². The molecule has 1 aliphatic rings. The molecule has 0 aromatic rings. The van der Waals surface area contributed by atoms with E-state index in [2.05, 4.69) is 4.74 Å². The van der Waals surface area contributed by atoms with Gasteiger partial charge in [0.2, 0.25) is 6.29 Å². The molecule has 0 bridgehead atoms. The van der Waals surface area contributed by atoms with Crippen LogP contribution in [-0.4, -0.2) is 11.7 Å². The third-order valence-corrected chi connectivity index (χ3v) is 0.585. The molecular weight excluding hydrogens is 68.0 g/mol. The number of hydrogen-bond donors (Lipinski definition) is 1. The van der Waals surface area contributed by atoms with Crippen LogP contribution in [-0.2, 0) is 4.74 Å². The minimum atomic E-state index is 0.185. The van der Waals surface area contributed by atoms with Crippen LogP contribution in [0.25, 0.3) is 0 Å². The molecule has 1 saturated heterocycles. The zero-order chi connectivity index (χ0) is 3.70. The van der Waals surface area contributed by atoms with Gasteiger partial charge in [-0.25, -0.2) is 0 Å². The van der Waals surface area contributed by atoms with Crippen molar-refractivity contribution in [1.82, 2.24) is 0 Å². The standard InChI is InChI=1S/C3H5O2/c4-3-1-2-5-3/h4H,1-2H2. The van der Waals surface area contributed by atoms with Gasteiger partial charge in [-0.05, 0) is 0 Å². The number of hydrogen-bond acceptors (Lipinski definition) is 2. The molecule has 1 N–H and O–H groups in total. The molecule has 0 atom stereocenters. The highest BCUT2D eigenvalue weighted by atomic mass is 16.6. The van der Waals surface area contributed by atoms with Crippen molar-refractivity contribution in [3.8, 4) is 0 Å². The van der Waals surface area contributed by atoms with Crippen LogP contribution in [0.5, 0.6) is 0 Å². The van der Waals surface area contributed by atoms with Crippen molar-refractivity contribution in [3.05, 3.63) is 6.29 Å². The SMILES string of the molecule is O[C]1CCO1. The molecule has 5 heavy (non-hydrogen) atoms. The molecule has 2 heteroatoms. The highest BCUT2D eigenvalue weighted by Crippen LogP contribution is 2.13. The fourth-order valence-electron chi connectivity index (χ4n) is 0.193. The van der Waals surface area contributed by atoms with Crippen LogP contribution in [0.15, 0.2) is 0 Å². The smallest absolute Gasteiger partial charge is 0.223 e. The Hall–Kier alpha value is -0.0800. The van der Waals surface area contributed by atoms with Gasteiger partial charge >= 0.3 is 0 Å². The average Bonchev–Trinajstić information content (AvgIpc) is 1.30. The third-order valence-electron chi connectivity index (χ3n) is 0.585. The number of aliphatic hydroxyl groups is 1. The second-order valence-corrected chi connectivity index (χ2v) is 0.992. The van der Waals surface area contributed by atoms with Gasteiger partial charge in [-0.2, -0.15) is 0 Å². The maximum atomic E-state index is 8.14. The van der Waals surface area contributed by atoms with Crippen LogP contribution in [0, 0.1) is 6.29 Å². The van der Waals surface area contributed by atoms with Crippen molar-refractivity contribution in [1.29, 1.82) is 0 Å². The maximum Gasteiger partial charge on any atom is 0.223 e. The van der Waals surface area contributed by atoms with Gasteiger partial charge in [0.1, 0.15) is 0 Å². The fourth-order valence-corrected chi connectivity index (χ4v) is 0.193. The summed E-state index contributed by atoms with van der Waals surface area (Å²) < 4.78 is 4.40. The average molecular weight is 73.1 g/mol. The molecule has 1 heterocycles. The Kier molecular flexibility index (Phi) is 0.596. The summed E-state index contributed by atoms with van der Waals surface area (Å²) in [6, 6.07) is 0. The first-order chi connectivity index (χ1) is 2.39. The summed E-state index contributed by atoms with van der Waals surface area (Å²) >= 11 is 0. The van der Waals surface area contributed by atoms with Crippen molar-refractivity contribution in [2.45, 2.75) is 6.42 Å². The van der Waals surface area contributed by atoms with E-state index in [-0.39, 0.29) is 6.29 Å². The molecule has 0 amide bonds. The summed E-state index contributed by atoms with van der Waals surface area (Å²) in [6.45, 7) is 0.700. The maximum absolute atomic E-state index is 8.14. The highest BCUT2D eigenvalue weighted by molar-refractivity contribution is 4.69. The van der Waals surface area contributed by atoms with Crippen LogP contribution in [0.1, 0.15) is 6.42 Å². The van der Waals surface area contributed by atoms with Crippen molar-refractivity contribution in [3.63, 3.8) is 0 Å². The lowest BCUT2D eigenvalue weighted by atomic mass is 10.4. The predicted octanol–water partition coefficient (Wildman–Crippen LogP) is 0.269. The van der Waals surface area contributed by atoms with E-state index in [0.29, 0.717) is 6.61 Å². The topological polar surface area (TPSA) is 29.5 Å². The van der Waals surface area contributed by atoms with E-state index >= 15 is 0 Å². The molecule has 2 nitrogen and oxygen atoms in total. The first kappa shape index (κ1) is 3.12. The number of ether oxygens (including phenoxy) is 1. The molecule has 1 fully saturated rings. The molecule has 0 spiro atoms. The van der Waals surface area contributed by atoms with E-state index in [4.69, 9.17) is 5.11 Å². The second kappa shape index (κ2) is 0.954. The van der Waals surface area contributed by atoms with Gasteiger partial charge in [0.25, 0.3) is 0 Å². The second-order valence-electron chi connectivity index (χ2n) is 0.992. The van der Waals surface area contributed by atoms with Crippen molar-refractivity contribution < 1.29 is 9.84 Å². The summed E-state index contributed by atoms with van der Waals surface area (Å²) in [5.41, 5.74) is 0. The molecule has 0 aromatic carbocycles. The lowest BCUT2D eigenvalue weighted by molar-refractivity contribution is -0.0799. The van der Waals surface area contributed by atoms with Crippen LogP contribution in [0.2, 0.25) is 0 Å². The monoisotopic (exact) mass is 73.0 g/mol. The largest absolute Gasteiger partial charge is 0.361 e. The van der Waals surface area contributed by atoms with Crippen molar-refractivity contribution in [2.75, 3.05) is 6.61 Å². The Morgan fingerprint density at radius 1 is 1.80 bits per heavy atom. The Labute approximate surface area is 30.4 Å². The molecule has 29 valence electrons. The first-order valence-electron chi connectivity index (χ1n) is 1.57. The Morgan fingerprint density at radius 2 is 2.20 bits per heavy atom. The van der Waals surface area contributed by atoms with Crippen LogP contribution < -0.4 is 0 Å². The Balaban J connectivity index is 2.08. The van der Waals surface area contributed by atoms with E-state index in [0.717, 1.165) is 6.42 Å². The summed E-state index contributed by atoms with van der Waals surface area (Å²) in [6.07, 6.45) is 0.921. The molecule has 1 radical (unpaired) electrons. The molecule has 1 aliphatic heterocycles. The molecule has 0 aliphatic carbocycles. The molecule has 0 aromatic heterocycles. The summed E-state index contributed by atoms with van der Waals surface area (Å²) in [4.78, 5) is 0. The molecule has 1 rings (SSSR count). The zero-order valence-corrected chi connectivity index (χ0v) is 2.77. The lowest BCUT2D eigenvalue weighted by Gasteiger charge is -2.16. The van der Waals surface area contributed by atoms with Crippen molar-refractivity contribution >= 4 is 0 Å². The number of rotatable bonds is 0. The highest BCUT2D eigenvalue weighted by Gasteiger charge is 2.14. The lowest BCUT2D eigenvalue weighted by Crippen LogP contribution is -2.16. The van der Waals surface area contributed by atoms with E-state index in [1.54, 1.807) is 0 Å². The van der Waals surface area contributed by atoms with E-state index in [9.17, 15) is 0 Å². The van der Waals surface area contributed by atoms with Crippen LogP contribution >= 0.6 is 0 Å². The van der Waals surface area contributed by atoms with Crippen molar-refractivity contribution in [2.24, 2.45) is 0 Å². The van der Waals surface area contributed by atoms with Gasteiger partial charge in [0.15, 0.2) is 0 Å². The van der Waals surface area contributed by atoms with Crippen LogP contribution in [0.4, 0.5) is 0 Å². The summed E-state index contributed by atoms with van der Waals surface area (Å²) in [7, 11) is 0. The van der Waals surface area contributed by atoms with Gasteiger partial charge < -0.3 is 9.84 Å². The zero-order valence-electron chi connectivity index (χ0n) is 2.77. The molecule has 0 saturated carbocycles. The van der Waals surface area contributed by atoms with Gasteiger partial charge in [-0.3, -0.25) is 0 Å². The third kappa shape index (κ3) is 0.412. The summed E-state index contributed by atoms with van der Waals surface area (Å²) in [5.74, 6) is 0. The first-order valence-corrected chi connectivity index (χ1v) is 1.57. The predicted molar refractivity (Wildman–Crippen MR) is 15.7 cm³/mol.